The summed E-state index contributed by atoms with van der Waals surface area (Å²) in [5.74, 6) is 1.91. The predicted molar refractivity (Wildman–Crippen MR) is 72.7 cm³/mol. The third-order valence-corrected chi connectivity index (χ3v) is 4.56. The van der Waals surface area contributed by atoms with Gasteiger partial charge in [-0.05, 0) is 12.0 Å². The van der Waals surface area contributed by atoms with Crippen molar-refractivity contribution >= 4 is 16.5 Å². The maximum atomic E-state index is 12.0. The molecule has 0 saturated carbocycles. The van der Waals surface area contributed by atoms with E-state index in [4.69, 9.17) is 4.74 Å². The number of benzene rings is 1. The SMILES string of the molecule is COc1ccc([N+](=O)[O-])cc1CS(=O)CC1CNC1. The fraction of sp³-hybridized carbons (Fsp3) is 0.500. The molecule has 1 aliphatic heterocycles. The van der Waals surface area contributed by atoms with Gasteiger partial charge in [0.25, 0.3) is 5.69 Å². The third kappa shape index (κ3) is 3.51. The van der Waals surface area contributed by atoms with Crippen LogP contribution in [-0.4, -0.2) is 35.1 Å². The van der Waals surface area contributed by atoms with Crippen molar-refractivity contribution in [1.82, 2.24) is 5.32 Å². The molecule has 0 aliphatic carbocycles. The zero-order valence-corrected chi connectivity index (χ0v) is 11.4. The average molecular weight is 284 g/mol. The molecule has 1 saturated heterocycles. The molecule has 1 fully saturated rings. The van der Waals surface area contributed by atoms with Crippen LogP contribution < -0.4 is 10.1 Å². The van der Waals surface area contributed by atoms with Crippen LogP contribution in [0.3, 0.4) is 0 Å². The highest BCUT2D eigenvalue weighted by Crippen LogP contribution is 2.25. The molecule has 6 nitrogen and oxygen atoms in total. The summed E-state index contributed by atoms with van der Waals surface area (Å²) < 4.78 is 17.2. The van der Waals surface area contributed by atoms with E-state index in [2.05, 4.69) is 5.32 Å². The number of hydrogen-bond donors (Lipinski definition) is 1. The zero-order chi connectivity index (χ0) is 13.8. The highest BCUT2D eigenvalue weighted by molar-refractivity contribution is 7.84. The molecule has 1 aliphatic rings. The summed E-state index contributed by atoms with van der Waals surface area (Å²) >= 11 is 0. The second kappa shape index (κ2) is 6.12. The van der Waals surface area contributed by atoms with Crippen LogP contribution in [0.15, 0.2) is 18.2 Å². The van der Waals surface area contributed by atoms with E-state index in [1.165, 1.54) is 19.2 Å². The Morgan fingerprint density at radius 1 is 1.53 bits per heavy atom. The first-order valence-corrected chi connectivity index (χ1v) is 7.46. The van der Waals surface area contributed by atoms with E-state index in [1.54, 1.807) is 6.07 Å². The van der Waals surface area contributed by atoms with Crippen molar-refractivity contribution in [3.63, 3.8) is 0 Å². The molecule has 1 aromatic rings. The first-order chi connectivity index (χ1) is 9.10. The van der Waals surface area contributed by atoms with Crippen molar-refractivity contribution in [2.24, 2.45) is 5.92 Å². The number of hydrogen-bond acceptors (Lipinski definition) is 5. The van der Waals surface area contributed by atoms with Crippen LogP contribution in [0.5, 0.6) is 5.75 Å². The lowest BCUT2D eigenvalue weighted by Crippen LogP contribution is -2.44. The van der Waals surface area contributed by atoms with Crippen LogP contribution in [0.4, 0.5) is 5.69 Å². The Morgan fingerprint density at radius 2 is 2.26 bits per heavy atom. The lowest BCUT2D eigenvalue weighted by Gasteiger charge is -2.26. The Hall–Kier alpha value is -1.47. The fourth-order valence-corrected chi connectivity index (χ4v) is 3.40. The molecule has 0 radical (unpaired) electrons. The first kappa shape index (κ1) is 14.0. The van der Waals surface area contributed by atoms with E-state index >= 15 is 0 Å². The summed E-state index contributed by atoms with van der Waals surface area (Å²) in [6.07, 6.45) is 0. The number of nitro groups is 1. The van der Waals surface area contributed by atoms with E-state index in [0.717, 1.165) is 13.1 Å². The van der Waals surface area contributed by atoms with Crippen LogP contribution in [-0.2, 0) is 16.6 Å². The summed E-state index contributed by atoms with van der Waals surface area (Å²) in [6, 6.07) is 4.38. The molecular formula is C12H16N2O4S. The minimum absolute atomic E-state index is 0.00175. The largest absolute Gasteiger partial charge is 0.496 e. The molecule has 1 aromatic carbocycles. The summed E-state index contributed by atoms with van der Waals surface area (Å²) in [6.45, 7) is 1.80. The number of nitrogens with one attached hydrogen (secondary N) is 1. The van der Waals surface area contributed by atoms with E-state index in [1.807, 2.05) is 0 Å². The Bertz CT molecular complexity index is 503. The molecule has 1 unspecified atom stereocenters. The number of rotatable bonds is 6. The highest BCUT2D eigenvalue weighted by Gasteiger charge is 2.21. The van der Waals surface area contributed by atoms with E-state index in [0.29, 0.717) is 28.7 Å². The van der Waals surface area contributed by atoms with Crippen molar-refractivity contribution < 1.29 is 13.9 Å². The van der Waals surface area contributed by atoms with Gasteiger partial charge in [-0.25, -0.2) is 0 Å². The molecule has 104 valence electrons. The van der Waals surface area contributed by atoms with Crippen molar-refractivity contribution in [1.29, 1.82) is 0 Å². The predicted octanol–water partition coefficient (Wildman–Crippen LogP) is 1.07. The second-order valence-corrected chi connectivity index (χ2v) is 6.03. The lowest BCUT2D eigenvalue weighted by atomic mass is 10.1. The van der Waals surface area contributed by atoms with Crippen molar-refractivity contribution in [3.05, 3.63) is 33.9 Å². The van der Waals surface area contributed by atoms with Gasteiger partial charge in [-0.15, -0.1) is 0 Å². The van der Waals surface area contributed by atoms with Gasteiger partial charge in [-0.1, -0.05) is 0 Å². The molecule has 1 heterocycles. The maximum absolute atomic E-state index is 12.0. The van der Waals surface area contributed by atoms with Crippen LogP contribution in [0.25, 0.3) is 0 Å². The Kier molecular flexibility index (Phi) is 4.49. The molecule has 1 N–H and O–H groups in total. The van der Waals surface area contributed by atoms with Gasteiger partial charge >= 0.3 is 0 Å². The van der Waals surface area contributed by atoms with Crippen LogP contribution in [0, 0.1) is 16.0 Å². The Morgan fingerprint density at radius 3 is 2.79 bits per heavy atom. The number of nitro benzene ring substituents is 1. The van der Waals surface area contributed by atoms with Gasteiger partial charge in [-0.2, -0.15) is 0 Å². The third-order valence-electron chi connectivity index (χ3n) is 3.08. The summed E-state index contributed by atoms with van der Waals surface area (Å²) in [5.41, 5.74) is 0.625. The van der Waals surface area contributed by atoms with Crippen molar-refractivity contribution in [3.8, 4) is 5.75 Å². The summed E-state index contributed by atoms with van der Waals surface area (Å²) in [7, 11) is 0.478. The Labute approximate surface area is 113 Å². The topological polar surface area (TPSA) is 81.5 Å². The second-order valence-electron chi connectivity index (χ2n) is 4.53. The van der Waals surface area contributed by atoms with Crippen molar-refractivity contribution in [2.75, 3.05) is 26.0 Å². The highest BCUT2D eigenvalue weighted by atomic mass is 32.2. The lowest BCUT2D eigenvalue weighted by molar-refractivity contribution is -0.384. The zero-order valence-electron chi connectivity index (χ0n) is 10.6. The molecule has 0 aromatic heterocycles. The molecule has 0 bridgehead atoms. The number of ether oxygens (including phenoxy) is 1. The Balaban J connectivity index is 2.09. The number of methoxy groups -OCH3 is 1. The molecule has 19 heavy (non-hydrogen) atoms. The van der Waals surface area contributed by atoms with Crippen LogP contribution in [0.2, 0.25) is 0 Å². The van der Waals surface area contributed by atoms with Crippen molar-refractivity contribution in [2.45, 2.75) is 5.75 Å². The van der Waals surface area contributed by atoms with Gasteiger partial charge in [0, 0.05) is 47.3 Å². The number of nitrogens with zero attached hydrogens (tertiary/aromatic N) is 1. The van der Waals surface area contributed by atoms with Crippen LogP contribution in [0.1, 0.15) is 5.56 Å². The normalized spacial score (nSPS) is 16.7. The molecule has 0 amide bonds. The quantitative estimate of drug-likeness (QED) is 0.624. The van der Waals surface area contributed by atoms with Gasteiger partial charge in [-0.3, -0.25) is 14.3 Å². The van der Waals surface area contributed by atoms with Gasteiger partial charge < -0.3 is 10.1 Å². The molecule has 7 heteroatoms. The monoisotopic (exact) mass is 284 g/mol. The maximum Gasteiger partial charge on any atom is 0.270 e. The fourth-order valence-electron chi connectivity index (χ4n) is 1.95. The minimum atomic E-state index is -1.03. The van der Waals surface area contributed by atoms with Crippen LogP contribution >= 0.6 is 0 Å². The first-order valence-electron chi connectivity index (χ1n) is 5.97. The van der Waals surface area contributed by atoms with E-state index < -0.39 is 15.7 Å². The summed E-state index contributed by atoms with van der Waals surface area (Å²) in [4.78, 5) is 10.3. The van der Waals surface area contributed by atoms with E-state index in [-0.39, 0.29) is 5.69 Å². The van der Waals surface area contributed by atoms with Gasteiger partial charge in [0.15, 0.2) is 0 Å². The summed E-state index contributed by atoms with van der Waals surface area (Å²) in [5, 5.41) is 13.9. The molecule has 0 spiro atoms. The number of non-ortho nitro benzene ring substituents is 1. The van der Waals surface area contributed by atoms with Gasteiger partial charge in [0.05, 0.1) is 17.8 Å². The smallest absolute Gasteiger partial charge is 0.270 e. The molecule has 1 atom stereocenters. The molecular weight excluding hydrogens is 268 g/mol. The van der Waals surface area contributed by atoms with Gasteiger partial charge in [0.2, 0.25) is 0 Å². The average Bonchev–Trinajstić information content (AvgIpc) is 2.33. The van der Waals surface area contributed by atoms with Gasteiger partial charge in [0.1, 0.15) is 5.75 Å². The van der Waals surface area contributed by atoms with E-state index in [9.17, 15) is 14.3 Å². The molecule has 2 rings (SSSR count). The minimum Gasteiger partial charge on any atom is -0.496 e. The standard InChI is InChI=1S/C12H16N2O4S/c1-18-12-3-2-11(14(15)16)4-10(12)8-19(17)7-9-5-13-6-9/h2-4,9,13H,5-8H2,1H3.